The summed E-state index contributed by atoms with van der Waals surface area (Å²) in [6, 6.07) is 10.7. The van der Waals surface area contributed by atoms with Crippen molar-refractivity contribution in [2.45, 2.75) is 0 Å². The van der Waals surface area contributed by atoms with Gasteiger partial charge in [-0.25, -0.2) is 0 Å². The zero-order chi connectivity index (χ0) is 13.5. The molecule has 4 aromatic rings. The fourth-order valence-electron chi connectivity index (χ4n) is 2.23. The average Bonchev–Trinajstić information content (AvgIpc) is 2.96. The molecule has 1 N–H and O–H groups in total. The summed E-state index contributed by atoms with van der Waals surface area (Å²) in [4.78, 5) is 4.37. The fourth-order valence-corrected chi connectivity index (χ4v) is 2.23. The molecule has 0 saturated carbocycles. The van der Waals surface area contributed by atoms with E-state index in [1.54, 1.807) is 29.2 Å². The Bertz CT molecular complexity index is 914. The molecule has 0 radical (unpaired) electrons. The third-order valence-electron chi connectivity index (χ3n) is 3.15. The summed E-state index contributed by atoms with van der Waals surface area (Å²) in [6.45, 7) is 0. The van der Waals surface area contributed by atoms with Crippen LogP contribution in [-0.2, 0) is 0 Å². The van der Waals surface area contributed by atoms with Crippen molar-refractivity contribution in [3.8, 4) is 17.0 Å². The first-order valence-corrected chi connectivity index (χ1v) is 6.07. The van der Waals surface area contributed by atoms with Crippen LogP contribution in [0.4, 0.5) is 0 Å². The van der Waals surface area contributed by atoms with E-state index in [0.29, 0.717) is 5.65 Å². The number of fused-ring (bicyclic) bond motifs is 3. The number of aromatic hydroxyl groups is 1. The quantitative estimate of drug-likeness (QED) is 0.568. The maximum absolute atomic E-state index is 9.40. The molecule has 3 heterocycles. The van der Waals surface area contributed by atoms with Gasteiger partial charge in [0.2, 0.25) is 5.65 Å². The summed E-state index contributed by atoms with van der Waals surface area (Å²) in [5.74, 6) is 0.224. The molecule has 6 nitrogen and oxygen atoms in total. The van der Waals surface area contributed by atoms with Crippen molar-refractivity contribution in [1.82, 2.24) is 24.8 Å². The molecular formula is C14H9N5O. The SMILES string of the molecule is Oc1ccc(-c2nn3cnnc3c3ncccc23)cc1. The van der Waals surface area contributed by atoms with Gasteiger partial charge in [-0.05, 0) is 36.4 Å². The lowest BCUT2D eigenvalue weighted by atomic mass is 10.1. The second-order valence-electron chi connectivity index (χ2n) is 4.39. The second kappa shape index (κ2) is 3.99. The van der Waals surface area contributed by atoms with Crippen LogP contribution in [0.2, 0.25) is 0 Å². The maximum atomic E-state index is 9.40. The number of pyridine rings is 1. The molecule has 0 unspecified atom stereocenters. The van der Waals surface area contributed by atoms with E-state index in [4.69, 9.17) is 0 Å². The molecule has 0 aliphatic carbocycles. The Morgan fingerprint density at radius 3 is 2.75 bits per heavy atom. The van der Waals surface area contributed by atoms with Gasteiger partial charge in [-0.2, -0.15) is 9.61 Å². The highest BCUT2D eigenvalue weighted by atomic mass is 16.3. The Morgan fingerprint density at radius 1 is 1.05 bits per heavy atom. The number of hydrogen-bond donors (Lipinski definition) is 1. The maximum Gasteiger partial charge on any atom is 0.203 e. The lowest BCUT2D eigenvalue weighted by Crippen LogP contribution is -1.97. The van der Waals surface area contributed by atoms with Crippen molar-refractivity contribution in [2.24, 2.45) is 0 Å². The topological polar surface area (TPSA) is 76.2 Å². The summed E-state index contributed by atoms with van der Waals surface area (Å²) in [5.41, 5.74) is 3.06. The Kier molecular flexibility index (Phi) is 2.17. The van der Waals surface area contributed by atoms with E-state index < -0.39 is 0 Å². The minimum Gasteiger partial charge on any atom is -0.508 e. The third-order valence-corrected chi connectivity index (χ3v) is 3.15. The van der Waals surface area contributed by atoms with Crippen molar-refractivity contribution >= 4 is 16.6 Å². The summed E-state index contributed by atoms with van der Waals surface area (Å²) in [6.07, 6.45) is 3.27. The largest absolute Gasteiger partial charge is 0.508 e. The lowest BCUT2D eigenvalue weighted by molar-refractivity contribution is 0.475. The molecule has 0 fully saturated rings. The van der Waals surface area contributed by atoms with Gasteiger partial charge in [-0.1, -0.05) is 0 Å². The summed E-state index contributed by atoms with van der Waals surface area (Å²) in [5, 5.41) is 22.7. The third kappa shape index (κ3) is 1.51. The van der Waals surface area contributed by atoms with Gasteiger partial charge >= 0.3 is 0 Å². The first kappa shape index (κ1) is 10.9. The predicted octanol–water partition coefficient (Wildman–Crippen LogP) is 2.05. The number of nitrogens with zero attached hydrogens (tertiary/aromatic N) is 5. The van der Waals surface area contributed by atoms with Crippen LogP contribution in [0.25, 0.3) is 27.8 Å². The highest BCUT2D eigenvalue weighted by Crippen LogP contribution is 2.28. The van der Waals surface area contributed by atoms with E-state index in [9.17, 15) is 5.11 Å². The van der Waals surface area contributed by atoms with Crippen molar-refractivity contribution in [3.63, 3.8) is 0 Å². The van der Waals surface area contributed by atoms with Crippen molar-refractivity contribution in [3.05, 3.63) is 48.9 Å². The highest BCUT2D eigenvalue weighted by Gasteiger charge is 2.12. The molecule has 20 heavy (non-hydrogen) atoms. The Hall–Kier alpha value is -3.02. The average molecular weight is 263 g/mol. The van der Waals surface area contributed by atoms with Crippen LogP contribution in [-0.4, -0.2) is 29.9 Å². The van der Waals surface area contributed by atoms with Crippen LogP contribution in [0, 0.1) is 0 Å². The molecule has 0 spiro atoms. The van der Waals surface area contributed by atoms with Gasteiger partial charge in [-0.15, -0.1) is 10.2 Å². The van der Waals surface area contributed by atoms with Gasteiger partial charge < -0.3 is 5.11 Å². The van der Waals surface area contributed by atoms with Crippen molar-refractivity contribution in [2.75, 3.05) is 0 Å². The van der Waals surface area contributed by atoms with Gasteiger partial charge in [0.05, 0.1) is 0 Å². The van der Waals surface area contributed by atoms with E-state index in [0.717, 1.165) is 22.2 Å². The van der Waals surface area contributed by atoms with E-state index in [1.165, 1.54) is 0 Å². The molecule has 0 amide bonds. The molecule has 96 valence electrons. The number of hydrogen-bond acceptors (Lipinski definition) is 5. The normalized spacial score (nSPS) is 11.2. The molecule has 1 aromatic carbocycles. The zero-order valence-corrected chi connectivity index (χ0v) is 10.3. The molecule has 0 saturated heterocycles. The van der Waals surface area contributed by atoms with E-state index in [1.807, 2.05) is 24.3 Å². The first-order valence-electron chi connectivity index (χ1n) is 6.07. The van der Waals surface area contributed by atoms with Crippen molar-refractivity contribution < 1.29 is 5.11 Å². The van der Waals surface area contributed by atoms with Gasteiger partial charge in [0, 0.05) is 17.1 Å². The van der Waals surface area contributed by atoms with E-state index in [-0.39, 0.29) is 5.75 Å². The number of benzene rings is 1. The van der Waals surface area contributed by atoms with Gasteiger partial charge in [-0.3, -0.25) is 4.98 Å². The zero-order valence-electron chi connectivity index (χ0n) is 10.3. The number of aromatic nitrogens is 5. The number of phenolic OH excluding ortho intramolecular Hbond substituents is 1. The Morgan fingerprint density at radius 2 is 1.90 bits per heavy atom. The second-order valence-corrected chi connectivity index (χ2v) is 4.39. The summed E-state index contributed by atoms with van der Waals surface area (Å²) >= 11 is 0. The molecule has 4 rings (SSSR count). The van der Waals surface area contributed by atoms with Crippen LogP contribution in [0.15, 0.2) is 48.9 Å². The fraction of sp³-hybridized carbons (Fsp3) is 0. The van der Waals surface area contributed by atoms with Crippen LogP contribution in [0.3, 0.4) is 0 Å². The predicted molar refractivity (Wildman–Crippen MR) is 73.2 cm³/mol. The monoisotopic (exact) mass is 263 g/mol. The van der Waals surface area contributed by atoms with E-state index in [2.05, 4.69) is 20.3 Å². The van der Waals surface area contributed by atoms with Gasteiger partial charge in [0.1, 0.15) is 23.3 Å². The van der Waals surface area contributed by atoms with Gasteiger partial charge in [0.15, 0.2) is 0 Å². The molecule has 0 aliphatic heterocycles. The minimum atomic E-state index is 0.224. The van der Waals surface area contributed by atoms with Crippen LogP contribution in [0.1, 0.15) is 0 Å². The summed E-state index contributed by atoms with van der Waals surface area (Å²) in [7, 11) is 0. The minimum absolute atomic E-state index is 0.224. The molecule has 0 aliphatic rings. The van der Waals surface area contributed by atoms with Crippen LogP contribution >= 0.6 is 0 Å². The van der Waals surface area contributed by atoms with E-state index >= 15 is 0 Å². The molecule has 6 heteroatoms. The standard InChI is InChI=1S/C14H9N5O/c20-10-5-3-9(4-6-10)12-11-2-1-7-15-13(11)14-17-16-8-19(14)18-12/h1-8,20H. The van der Waals surface area contributed by atoms with Gasteiger partial charge in [0.25, 0.3) is 0 Å². The number of rotatable bonds is 1. The molecule has 3 aromatic heterocycles. The smallest absolute Gasteiger partial charge is 0.203 e. The lowest BCUT2D eigenvalue weighted by Gasteiger charge is -2.06. The van der Waals surface area contributed by atoms with Crippen LogP contribution in [0.5, 0.6) is 5.75 Å². The summed E-state index contributed by atoms with van der Waals surface area (Å²) < 4.78 is 1.61. The number of phenols is 1. The molecule has 0 bridgehead atoms. The van der Waals surface area contributed by atoms with Crippen LogP contribution < -0.4 is 0 Å². The molecule has 0 atom stereocenters. The Balaban J connectivity index is 2.13. The Labute approximate surface area is 113 Å². The highest BCUT2D eigenvalue weighted by molar-refractivity contribution is 5.98. The molecular weight excluding hydrogens is 254 g/mol. The van der Waals surface area contributed by atoms with Crippen molar-refractivity contribution in [1.29, 1.82) is 0 Å². The first-order chi connectivity index (χ1) is 9.83.